The Hall–Kier alpha value is -3.06. The summed E-state index contributed by atoms with van der Waals surface area (Å²) in [5, 5.41) is 3.12. The molecule has 2 aromatic carbocycles. The Morgan fingerprint density at radius 1 is 1.11 bits per heavy atom. The Labute approximate surface area is 215 Å². The van der Waals surface area contributed by atoms with Crippen LogP contribution in [0.5, 0.6) is 5.75 Å². The lowest BCUT2D eigenvalue weighted by Gasteiger charge is -2.39. The Morgan fingerprint density at radius 2 is 1.86 bits per heavy atom. The van der Waals surface area contributed by atoms with E-state index in [1.165, 1.54) is 5.56 Å². The quantitative estimate of drug-likeness (QED) is 0.554. The minimum atomic E-state index is -0.0290. The predicted octanol–water partition coefficient (Wildman–Crippen LogP) is 4.44. The first-order valence-electron chi connectivity index (χ1n) is 13.3. The summed E-state index contributed by atoms with van der Waals surface area (Å²) in [5.74, 6) is 0.862. The van der Waals surface area contributed by atoms with Gasteiger partial charge in [0.2, 0.25) is 5.91 Å². The van der Waals surface area contributed by atoms with Crippen LogP contribution in [0.25, 0.3) is 0 Å². The Bertz CT molecular complexity index is 1020. The zero-order valence-corrected chi connectivity index (χ0v) is 21.9. The normalized spacial score (nSPS) is 18.1. The third kappa shape index (κ3) is 6.58. The maximum absolute atomic E-state index is 13.5. The van der Waals surface area contributed by atoms with Crippen molar-refractivity contribution >= 4 is 17.6 Å². The van der Waals surface area contributed by atoms with Gasteiger partial charge in [-0.1, -0.05) is 43.3 Å². The largest absolute Gasteiger partial charge is 0.486 e. The van der Waals surface area contributed by atoms with Crippen LogP contribution >= 0.6 is 0 Å². The molecule has 1 fully saturated rings. The Balaban J connectivity index is 1.21. The second kappa shape index (κ2) is 12.3. The van der Waals surface area contributed by atoms with Crippen LogP contribution in [0.1, 0.15) is 43.7 Å². The zero-order chi connectivity index (χ0) is 25.5. The van der Waals surface area contributed by atoms with Gasteiger partial charge in [0.1, 0.15) is 11.9 Å². The van der Waals surface area contributed by atoms with Crippen LogP contribution in [0.15, 0.2) is 48.5 Å². The Morgan fingerprint density at radius 3 is 2.58 bits per heavy atom. The lowest BCUT2D eigenvalue weighted by atomic mass is 9.96. The zero-order valence-electron chi connectivity index (χ0n) is 21.9. The van der Waals surface area contributed by atoms with Crippen molar-refractivity contribution in [3.8, 4) is 5.75 Å². The number of rotatable bonds is 8. The fourth-order valence-corrected chi connectivity index (χ4v) is 5.03. The SMILES string of the molecule is CC[C@@H]1CN(C(=O)N2CCC(C(=O)NCCCN(C)Cc3ccccc3)CC2)c2cc(C)ccc2O1. The van der Waals surface area contributed by atoms with Crippen molar-refractivity contribution in [2.24, 2.45) is 5.92 Å². The molecule has 2 aliphatic rings. The van der Waals surface area contributed by atoms with Gasteiger partial charge in [-0.2, -0.15) is 0 Å². The molecule has 36 heavy (non-hydrogen) atoms. The number of aryl methyl sites for hydroxylation is 1. The first-order chi connectivity index (χ1) is 17.4. The molecule has 2 aromatic rings. The van der Waals surface area contributed by atoms with Gasteiger partial charge in [0, 0.05) is 32.1 Å². The molecule has 1 saturated heterocycles. The molecule has 0 saturated carbocycles. The molecular weight excluding hydrogens is 452 g/mol. The van der Waals surface area contributed by atoms with Crippen LogP contribution in [-0.2, 0) is 11.3 Å². The van der Waals surface area contributed by atoms with Gasteiger partial charge in [-0.3, -0.25) is 9.69 Å². The van der Waals surface area contributed by atoms with Crippen molar-refractivity contribution in [1.82, 2.24) is 15.1 Å². The molecule has 3 amide bonds. The maximum atomic E-state index is 13.5. The van der Waals surface area contributed by atoms with E-state index in [1.807, 2.05) is 41.0 Å². The van der Waals surface area contributed by atoms with Gasteiger partial charge in [0.15, 0.2) is 0 Å². The van der Waals surface area contributed by atoms with Gasteiger partial charge in [0.05, 0.1) is 12.2 Å². The van der Waals surface area contributed by atoms with E-state index in [2.05, 4.69) is 48.5 Å². The summed E-state index contributed by atoms with van der Waals surface area (Å²) in [7, 11) is 2.11. The summed E-state index contributed by atoms with van der Waals surface area (Å²) in [4.78, 5) is 32.2. The molecule has 0 aromatic heterocycles. The summed E-state index contributed by atoms with van der Waals surface area (Å²) < 4.78 is 6.08. The molecule has 2 heterocycles. The van der Waals surface area contributed by atoms with Crippen LogP contribution < -0.4 is 15.0 Å². The van der Waals surface area contributed by atoms with E-state index in [0.717, 1.165) is 42.9 Å². The molecule has 7 nitrogen and oxygen atoms in total. The van der Waals surface area contributed by atoms with Crippen molar-refractivity contribution in [3.05, 3.63) is 59.7 Å². The van der Waals surface area contributed by atoms with Crippen LogP contribution in [0.2, 0.25) is 0 Å². The lowest BCUT2D eigenvalue weighted by molar-refractivity contribution is -0.126. The van der Waals surface area contributed by atoms with Crippen molar-refractivity contribution in [2.45, 2.75) is 52.2 Å². The van der Waals surface area contributed by atoms with E-state index < -0.39 is 0 Å². The van der Waals surface area contributed by atoms with Gasteiger partial charge in [0.25, 0.3) is 0 Å². The first kappa shape index (κ1) is 26.0. The highest BCUT2D eigenvalue weighted by Crippen LogP contribution is 2.36. The van der Waals surface area contributed by atoms with E-state index in [0.29, 0.717) is 39.0 Å². The number of carbonyl (C=O) groups is 2. The molecule has 7 heteroatoms. The monoisotopic (exact) mass is 492 g/mol. The van der Waals surface area contributed by atoms with E-state index in [-0.39, 0.29) is 24.0 Å². The highest BCUT2D eigenvalue weighted by Gasteiger charge is 2.34. The number of benzene rings is 2. The molecule has 1 atom stereocenters. The number of anilines is 1. The number of hydrogen-bond acceptors (Lipinski definition) is 4. The van der Waals surface area contributed by atoms with E-state index in [9.17, 15) is 9.59 Å². The van der Waals surface area contributed by atoms with Gasteiger partial charge >= 0.3 is 6.03 Å². The van der Waals surface area contributed by atoms with Gasteiger partial charge in [-0.05, 0) is 69.5 Å². The van der Waals surface area contributed by atoms with E-state index >= 15 is 0 Å². The molecule has 0 spiro atoms. The summed E-state index contributed by atoms with van der Waals surface area (Å²) in [6.07, 6.45) is 3.17. The van der Waals surface area contributed by atoms with Gasteiger partial charge in [-0.25, -0.2) is 4.79 Å². The second-order valence-electron chi connectivity index (χ2n) is 10.1. The Kier molecular flexibility index (Phi) is 8.86. The average molecular weight is 493 g/mol. The maximum Gasteiger partial charge on any atom is 0.324 e. The smallest absolute Gasteiger partial charge is 0.324 e. The minimum Gasteiger partial charge on any atom is -0.486 e. The summed E-state index contributed by atoms with van der Waals surface area (Å²) >= 11 is 0. The fourth-order valence-electron chi connectivity index (χ4n) is 5.03. The van der Waals surface area contributed by atoms with Crippen molar-refractivity contribution in [2.75, 3.05) is 44.7 Å². The lowest BCUT2D eigenvalue weighted by Crippen LogP contribution is -2.52. The molecule has 2 aliphatic heterocycles. The number of nitrogens with zero attached hydrogens (tertiary/aromatic N) is 3. The van der Waals surface area contributed by atoms with Gasteiger partial charge in [-0.15, -0.1) is 0 Å². The fraction of sp³-hybridized carbons (Fsp3) is 0.517. The van der Waals surface area contributed by atoms with Crippen molar-refractivity contribution in [3.63, 3.8) is 0 Å². The predicted molar refractivity (Wildman–Crippen MR) is 143 cm³/mol. The number of urea groups is 1. The molecule has 194 valence electrons. The molecular formula is C29H40N4O3. The minimum absolute atomic E-state index is 0.000731. The number of carbonyl (C=O) groups excluding carboxylic acids is 2. The number of hydrogen-bond donors (Lipinski definition) is 1. The number of amides is 3. The third-order valence-electron chi connectivity index (χ3n) is 7.22. The standard InChI is InChI=1S/C29H40N4O3/c1-4-25-21-33(26-19-22(2)11-12-27(26)36-25)29(35)32-17-13-24(14-18-32)28(34)30-15-8-16-31(3)20-23-9-6-5-7-10-23/h5-7,9-12,19,24-25H,4,8,13-18,20-21H2,1-3H3,(H,30,34)/t25-/m1/s1. The van der Waals surface area contributed by atoms with E-state index in [4.69, 9.17) is 4.74 Å². The number of nitrogens with one attached hydrogen (secondary N) is 1. The molecule has 0 bridgehead atoms. The number of likely N-dealkylation sites (tertiary alicyclic amines) is 1. The van der Waals surface area contributed by atoms with Crippen LogP contribution in [0.3, 0.4) is 0 Å². The molecule has 1 N–H and O–H groups in total. The topological polar surface area (TPSA) is 65.1 Å². The van der Waals surface area contributed by atoms with Crippen LogP contribution in [-0.4, -0.2) is 67.6 Å². The molecule has 0 aliphatic carbocycles. The third-order valence-corrected chi connectivity index (χ3v) is 7.22. The second-order valence-corrected chi connectivity index (χ2v) is 10.1. The highest BCUT2D eigenvalue weighted by atomic mass is 16.5. The summed E-state index contributed by atoms with van der Waals surface area (Å²) in [6.45, 7) is 8.40. The number of fused-ring (bicyclic) bond motifs is 1. The first-order valence-corrected chi connectivity index (χ1v) is 13.3. The van der Waals surface area contributed by atoms with Crippen LogP contribution in [0, 0.1) is 12.8 Å². The van der Waals surface area contributed by atoms with Crippen molar-refractivity contribution in [1.29, 1.82) is 0 Å². The van der Waals surface area contributed by atoms with Gasteiger partial charge < -0.3 is 19.9 Å². The highest BCUT2D eigenvalue weighted by molar-refractivity contribution is 5.94. The average Bonchev–Trinajstić information content (AvgIpc) is 2.90. The molecule has 0 unspecified atom stereocenters. The van der Waals surface area contributed by atoms with Crippen LogP contribution in [0.4, 0.5) is 10.5 Å². The van der Waals surface area contributed by atoms with Crippen molar-refractivity contribution < 1.29 is 14.3 Å². The number of piperidine rings is 1. The van der Waals surface area contributed by atoms with E-state index in [1.54, 1.807) is 0 Å². The molecule has 4 rings (SSSR count). The molecule has 0 radical (unpaired) electrons. The summed E-state index contributed by atoms with van der Waals surface area (Å²) in [5.41, 5.74) is 3.25. The number of ether oxygens (including phenoxy) is 1. The summed E-state index contributed by atoms with van der Waals surface area (Å²) in [6, 6.07) is 16.4.